The van der Waals surface area contributed by atoms with Crippen LogP contribution in [0.3, 0.4) is 0 Å². The molecule has 2 aromatic carbocycles. The Balaban J connectivity index is 2.26. The lowest BCUT2D eigenvalue weighted by Gasteiger charge is -2.18. The SMILES string of the molecule is COc1ccc(Br)c(C(Cc2ccccc2)NN)c1. The van der Waals surface area contributed by atoms with Crippen molar-refractivity contribution in [1.29, 1.82) is 0 Å². The molecule has 0 saturated heterocycles. The molecular formula is C15H17BrN2O. The molecule has 0 fully saturated rings. The number of benzene rings is 2. The van der Waals surface area contributed by atoms with Crippen LogP contribution in [0.5, 0.6) is 5.75 Å². The van der Waals surface area contributed by atoms with Crippen LogP contribution in [0.15, 0.2) is 53.0 Å². The van der Waals surface area contributed by atoms with E-state index in [4.69, 9.17) is 10.6 Å². The molecule has 0 aliphatic heterocycles. The largest absolute Gasteiger partial charge is 0.497 e. The zero-order valence-corrected chi connectivity index (χ0v) is 12.4. The molecule has 19 heavy (non-hydrogen) atoms. The van der Waals surface area contributed by atoms with E-state index < -0.39 is 0 Å². The Morgan fingerprint density at radius 1 is 1.21 bits per heavy atom. The van der Waals surface area contributed by atoms with Gasteiger partial charge in [0.2, 0.25) is 0 Å². The highest BCUT2D eigenvalue weighted by Gasteiger charge is 2.14. The van der Waals surface area contributed by atoms with Gasteiger partial charge in [-0.05, 0) is 35.7 Å². The van der Waals surface area contributed by atoms with Crippen molar-refractivity contribution in [3.63, 3.8) is 0 Å². The summed E-state index contributed by atoms with van der Waals surface area (Å²) in [6, 6.07) is 16.2. The molecule has 0 heterocycles. The molecular weight excluding hydrogens is 304 g/mol. The average molecular weight is 321 g/mol. The second-order valence-corrected chi connectivity index (χ2v) is 5.15. The summed E-state index contributed by atoms with van der Waals surface area (Å²) in [6.07, 6.45) is 0.823. The summed E-state index contributed by atoms with van der Waals surface area (Å²) < 4.78 is 6.29. The van der Waals surface area contributed by atoms with Gasteiger partial charge in [0, 0.05) is 4.47 Å². The summed E-state index contributed by atoms with van der Waals surface area (Å²) in [7, 11) is 1.66. The molecule has 0 spiro atoms. The summed E-state index contributed by atoms with van der Waals surface area (Å²) in [4.78, 5) is 0. The Morgan fingerprint density at radius 2 is 1.95 bits per heavy atom. The normalized spacial score (nSPS) is 12.2. The molecule has 1 unspecified atom stereocenters. The Hall–Kier alpha value is -1.36. The number of halogens is 1. The second kappa shape index (κ2) is 6.70. The minimum atomic E-state index is 0.0341. The predicted molar refractivity (Wildman–Crippen MR) is 80.9 cm³/mol. The van der Waals surface area contributed by atoms with Crippen LogP contribution in [0.1, 0.15) is 17.2 Å². The van der Waals surface area contributed by atoms with Crippen molar-refractivity contribution in [2.45, 2.75) is 12.5 Å². The van der Waals surface area contributed by atoms with E-state index in [9.17, 15) is 0 Å². The quantitative estimate of drug-likeness (QED) is 0.657. The van der Waals surface area contributed by atoms with Crippen molar-refractivity contribution in [2.24, 2.45) is 5.84 Å². The molecule has 1 atom stereocenters. The minimum absolute atomic E-state index is 0.0341. The third-order valence-corrected chi connectivity index (χ3v) is 3.78. The zero-order valence-electron chi connectivity index (χ0n) is 10.8. The molecule has 3 N–H and O–H groups in total. The monoisotopic (exact) mass is 320 g/mol. The van der Waals surface area contributed by atoms with Gasteiger partial charge in [0.15, 0.2) is 0 Å². The van der Waals surface area contributed by atoms with E-state index in [1.807, 2.05) is 36.4 Å². The molecule has 4 heteroatoms. The summed E-state index contributed by atoms with van der Waals surface area (Å²) in [6.45, 7) is 0. The van der Waals surface area contributed by atoms with Crippen LogP contribution in [-0.2, 0) is 6.42 Å². The van der Waals surface area contributed by atoms with E-state index >= 15 is 0 Å². The number of rotatable bonds is 5. The zero-order chi connectivity index (χ0) is 13.7. The Bertz CT molecular complexity index is 531. The maximum atomic E-state index is 5.70. The molecule has 0 saturated carbocycles. The van der Waals surface area contributed by atoms with Crippen molar-refractivity contribution in [1.82, 2.24) is 5.43 Å². The van der Waals surface area contributed by atoms with Crippen molar-refractivity contribution >= 4 is 15.9 Å². The van der Waals surface area contributed by atoms with Crippen LogP contribution in [0.25, 0.3) is 0 Å². The summed E-state index contributed by atoms with van der Waals surface area (Å²) in [5.41, 5.74) is 5.20. The van der Waals surface area contributed by atoms with Gasteiger partial charge in [0.05, 0.1) is 13.2 Å². The molecule has 0 radical (unpaired) electrons. The Kier molecular flexibility index (Phi) is 4.96. The second-order valence-electron chi connectivity index (χ2n) is 4.30. The van der Waals surface area contributed by atoms with E-state index in [1.54, 1.807) is 7.11 Å². The first kappa shape index (κ1) is 14.1. The van der Waals surface area contributed by atoms with Crippen LogP contribution >= 0.6 is 15.9 Å². The highest BCUT2D eigenvalue weighted by molar-refractivity contribution is 9.10. The molecule has 2 aromatic rings. The molecule has 0 bridgehead atoms. The lowest BCUT2D eigenvalue weighted by atomic mass is 9.99. The van der Waals surface area contributed by atoms with Crippen LogP contribution in [0.2, 0.25) is 0 Å². The summed E-state index contributed by atoms with van der Waals surface area (Å²) >= 11 is 3.56. The number of ether oxygens (including phenoxy) is 1. The van der Waals surface area contributed by atoms with Crippen molar-refractivity contribution in [2.75, 3.05) is 7.11 Å². The molecule has 0 aliphatic rings. The number of nitrogens with one attached hydrogen (secondary N) is 1. The summed E-state index contributed by atoms with van der Waals surface area (Å²) in [5.74, 6) is 6.53. The van der Waals surface area contributed by atoms with Crippen molar-refractivity contribution in [3.05, 3.63) is 64.1 Å². The number of hydrazine groups is 1. The standard InChI is InChI=1S/C15H17BrN2O/c1-19-12-7-8-14(16)13(10-12)15(18-17)9-11-5-3-2-4-6-11/h2-8,10,15,18H,9,17H2,1H3. The van der Waals surface area contributed by atoms with Gasteiger partial charge in [0.25, 0.3) is 0 Å². The number of hydrogen-bond acceptors (Lipinski definition) is 3. The number of hydrogen-bond donors (Lipinski definition) is 2. The van der Waals surface area contributed by atoms with Gasteiger partial charge in [0.1, 0.15) is 5.75 Å². The van der Waals surface area contributed by atoms with Crippen molar-refractivity contribution < 1.29 is 4.74 Å². The molecule has 100 valence electrons. The number of methoxy groups -OCH3 is 1. The van der Waals surface area contributed by atoms with Gasteiger partial charge < -0.3 is 4.74 Å². The van der Waals surface area contributed by atoms with E-state index in [0.29, 0.717) is 0 Å². The number of nitrogens with two attached hydrogens (primary N) is 1. The highest BCUT2D eigenvalue weighted by Crippen LogP contribution is 2.29. The minimum Gasteiger partial charge on any atom is -0.497 e. The maximum absolute atomic E-state index is 5.70. The third kappa shape index (κ3) is 3.56. The predicted octanol–water partition coefficient (Wildman–Crippen LogP) is 3.20. The fourth-order valence-electron chi connectivity index (χ4n) is 2.02. The highest BCUT2D eigenvalue weighted by atomic mass is 79.9. The van der Waals surface area contributed by atoms with Gasteiger partial charge >= 0.3 is 0 Å². The van der Waals surface area contributed by atoms with Gasteiger partial charge in [-0.15, -0.1) is 0 Å². The molecule has 2 rings (SSSR count). The van der Waals surface area contributed by atoms with Crippen LogP contribution < -0.4 is 16.0 Å². The first-order chi connectivity index (χ1) is 9.24. The fraction of sp³-hybridized carbons (Fsp3) is 0.200. The lowest BCUT2D eigenvalue weighted by Crippen LogP contribution is -2.29. The van der Waals surface area contributed by atoms with Crippen LogP contribution in [-0.4, -0.2) is 7.11 Å². The van der Waals surface area contributed by atoms with Crippen LogP contribution in [0, 0.1) is 0 Å². The van der Waals surface area contributed by atoms with Crippen molar-refractivity contribution in [3.8, 4) is 5.75 Å². The van der Waals surface area contributed by atoms with Gasteiger partial charge in [-0.1, -0.05) is 46.3 Å². The Labute approximate surface area is 121 Å². The molecule has 0 aliphatic carbocycles. The average Bonchev–Trinajstić information content (AvgIpc) is 2.47. The molecule has 0 amide bonds. The van der Waals surface area contributed by atoms with E-state index in [1.165, 1.54) is 5.56 Å². The first-order valence-corrected chi connectivity index (χ1v) is 6.87. The smallest absolute Gasteiger partial charge is 0.119 e. The van der Waals surface area contributed by atoms with Gasteiger partial charge in [-0.3, -0.25) is 11.3 Å². The van der Waals surface area contributed by atoms with Gasteiger partial charge in [-0.2, -0.15) is 0 Å². The molecule has 0 aromatic heterocycles. The first-order valence-electron chi connectivity index (χ1n) is 6.08. The molecule has 3 nitrogen and oxygen atoms in total. The third-order valence-electron chi connectivity index (χ3n) is 3.06. The van der Waals surface area contributed by atoms with Crippen LogP contribution in [0.4, 0.5) is 0 Å². The Morgan fingerprint density at radius 3 is 2.58 bits per heavy atom. The topological polar surface area (TPSA) is 47.3 Å². The van der Waals surface area contributed by atoms with E-state index in [-0.39, 0.29) is 6.04 Å². The fourth-order valence-corrected chi connectivity index (χ4v) is 2.55. The van der Waals surface area contributed by atoms with Gasteiger partial charge in [-0.25, -0.2) is 0 Å². The lowest BCUT2D eigenvalue weighted by molar-refractivity contribution is 0.412. The van der Waals surface area contributed by atoms with E-state index in [2.05, 4.69) is 33.5 Å². The summed E-state index contributed by atoms with van der Waals surface area (Å²) in [5, 5.41) is 0. The van der Waals surface area contributed by atoms with E-state index in [0.717, 1.165) is 22.2 Å². The maximum Gasteiger partial charge on any atom is 0.119 e.